The maximum Gasteiger partial charge on any atom is 0.0887 e. The molecule has 1 N–H and O–H groups in total. The van der Waals surface area contributed by atoms with Crippen LogP contribution in [0.3, 0.4) is 0 Å². The van der Waals surface area contributed by atoms with Crippen LogP contribution >= 0.6 is 0 Å². The molecule has 18 heavy (non-hydrogen) atoms. The Morgan fingerprint density at radius 2 is 1.94 bits per heavy atom. The van der Waals surface area contributed by atoms with Gasteiger partial charge in [-0.25, -0.2) is 0 Å². The summed E-state index contributed by atoms with van der Waals surface area (Å²) in [6.45, 7) is 19.9. The summed E-state index contributed by atoms with van der Waals surface area (Å²) >= 11 is 0. The van der Waals surface area contributed by atoms with Gasteiger partial charge in [-0.3, -0.25) is 0 Å². The summed E-state index contributed by atoms with van der Waals surface area (Å²) in [4.78, 5) is 0. The predicted octanol–water partition coefficient (Wildman–Crippen LogP) is 5.44. The summed E-state index contributed by atoms with van der Waals surface area (Å²) in [5.74, 6) is 0.527. The summed E-state index contributed by atoms with van der Waals surface area (Å²) in [6.07, 6.45) is 8.22. The van der Waals surface area contributed by atoms with Gasteiger partial charge in [0.15, 0.2) is 0 Å². The van der Waals surface area contributed by atoms with E-state index in [4.69, 9.17) is 0 Å². The zero-order valence-electron chi connectivity index (χ0n) is 12.4. The fraction of sp³-hybridized carbons (Fsp3) is 0.529. The van der Waals surface area contributed by atoms with Crippen LogP contribution in [0.15, 0.2) is 49.3 Å². The fourth-order valence-electron chi connectivity index (χ4n) is 2.00. The second kappa shape index (κ2) is 7.25. The molecule has 3 atom stereocenters. The quantitative estimate of drug-likeness (QED) is 0.448. The van der Waals surface area contributed by atoms with Crippen LogP contribution in [0.4, 0.5) is 0 Å². The number of aliphatic hydroxyl groups is 1. The van der Waals surface area contributed by atoms with E-state index < -0.39 is 0 Å². The Kier molecular flexibility index (Phi) is 6.75. The zero-order chi connectivity index (χ0) is 14.3. The Balaban J connectivity index is 5.07. The molecule has 0 amide bonds. The predicted molar refractivity (Wildman–Crippen MR) is 81.6 cm³/mol. The van der Waals surface area contributed by atoms with E-state index in [1.807, 2.05) is 19.9 Å². The first kappa shape index (κ1) is 16.8. The maximum absolute atomic E-state index is 9.63. The third-order valence-electron chi connectivity index (χ3n) is 3.85. The monoisotopic (exact) mass is 248 g/mol. The minimum Gasteiger partial charge on any atom is -0.513 e. The van der Waals surface area contributed by atoms with Crippen molar-refractivity contribution in [2.24, 2.45) is 17.3 Å². The normalized spacial score (nSPS) is 18.0. The average Bonchev–Trinajstić information content (AvgIpc) is 2.32. The molecule has 1 nitrogen and oxygen atoms in total. The van der Waals surface area contributed by atoms with E-state index >= 15 is 0 Å². The lowest BCUT2D eigenvalue weighted by Gasteiger charge is -2.35. The van der Waals surface area contributed by atoms with Crippen LogP contribution in [0.25, 0.3) is 0 Å². The van der Waals surface area contributed by atoms with Crippen molar-refractivity contribution in [1.82, 2.24) is 0 Å². The SMILES string of the molecule is C=CC(C)(CC(/C=C\CC)C(=C)C)C(C)C(=C)O. The van der Waals surface area contributed by atoms with Gasteiger partial charge in [0, 0.05) is 5.92 Å². The van der Waals surface area contributed by atoms with Gasteiger partial charge in [0.1, 0.15) is 0 Å². The lowest BCUT2D eigenvalue weighted by atomic mass is 9.70. The molecule has 0 saturated carbocycles. The number of allylic oxidation sites excluding steroid dienone is 5. The minimum atomic E-state index is -0.173. The molecule has 0 aliphatic carbocycles. The van der Waals surface area contributed by atoms with Crippen LogP contribution in [-0.4, -0.2) is 5.11 Å². The zero-order valence-corrected chi connectivity index (χ0v) is 12.4. The molecule has 0 aromatic carbocycles. The third kappa shape index (κ3) is 4.56. The van der Waals surface area contributed by atoms with E-state index in [0.717, 1.165) is 18.4 Å². The number of rotatable bonds is 8. The van der Waals surface area contributed by atoms with Gasteiger partial charge in [0.2, 0.25) is 0 Å². The molecule has 0 radical (unpaired) electrons. The molecule has 0 bridgehead atoms. The second-order valence-corrected chi connectivity index (χ2v) is 5.42. The van der Waals surface area contributed by atoms with Crippen molar-refractivity contribution in [2.45, 2.75) is 40.5 Å². The second-order valence-electron chi connectivity index (χ2n) is 5.42. The van der Waals surface area contributed by atoms with Crippen molar-refractivity contribution < 1.29 is 5.11 Å². The molecule has 102 valence electrons. The van der Waals surface area contributed by atoms with E-state index in [-0.39, 0.29) is 17.1 Å². The van der Waals surface area contributed by atoms with Crippen molar-refractivity contribution in [3.63, 3.8) is 0 Å². The molecule has 3 unspecified atom stereocenters. The van der Waals surface area contributed by atoms with Crippen LogP contribution in [0.5, 0.6) is 0 Å². The largest absolute Gasteiger partial charge is 0.513 e. The number of hydrogen-bond donors (Lipinski definition) is 1. The lowest BCUT2D eigenvalue weighted by molar-refractivity contribution is 0.205. The van der Waals surface area contributed by atoms with Crippen molar-refractivity contribution >= 4 is 0 Å². The maximum atomic E-state index is 9.63. The highest BCUT2D eigenvalue weighted by molar-refractivity contribution is 5.13. The van der Waals surface area contributed by atoms with Crippen molar-refractivity contribution in [1.29, 1.82) is 0 Å². The van der Waals surface area contributed by atoms with Gasteiger partial charge in [-0.05, 0) is 31.1 Å². The van der Waals surface area contributed by atoms with Crippen LogP contribution < -0.4 is 0 Å². The van der Waals surface area contributed by atoms with Crippen LogP contribution in [0.2, 0.25) is 0 Å². The third-order valence-corrected chi connectivity index (χ3v) is 3.85. The topological polar surface area (TPSA) is 20.2 Å². The molecule has 0 saturated heterocycles. The van der Waals surface area contributed by atoms with Gasteiger partial charge in [0.05, 0.1) is 5.76 Å². The lowest BCUT2D eigenvalue weighted by Crippen LogP contribution is -2.27. The Hall–Kier alpha value is -1.24. The standard InChI is InChI=1S/C17H28O/c1-8-10-11-16(13(3)4)12-17(7,9-2)14(5)15(6)18/h9-11,14,16,18H,2-3,6,8,12H2,1,4-5,7H3/b11-10-. The van der Waals surface area contributed by atoms with Crippen LogP contribution in [-0.2, 0) is 0 Å². The molecule has 0 fully saturated rings. The Bertz CT molecular complexity index is 338. The average molecular weight is 248 g/mol. The molecule has 1 heteroatoms. The van der Waals surface area contributed by atoms with Crippen molar-refractivity contribution in [3.8, 4) is 0 Å². The van der Waals surface area contributed by atoms with Gasteiger partial charge in [0.25, 0.3) is 0 Å². The first-order valence-electron chi connectivity index (χ1n) is 6.61. The number of hydrogen-bond acceptors (Lipinski definition) is 1. The minimum absolute atomic E-state index is 0.00752. The van der Waals surface area contributed by atoms with E-state index in [9.17, 15) is 5.11 Å². The summed E-state index contributed by atoms with van der Waals surface area (Å²) < 4.78 is 0. The van der Waals surface area contributed by atoms with Crippen molar-refractivity contribution in [2.75, 3.05) is 0 Å². The Labute approximate surface area is 113 Å². The molecule has 0 aromatic heterocycles. The molecule has 0 heterocycles. The first-order chi connectivity index (χ1) is 8.28. The van der Waals surface area contributed by atoms with E-state index in [0.29, 0.717) is 5.92 Å². The Morgan fingerprint density at radius 1 is 1.39 bits per heavy atom. The smallest absolute Gasteiger partial charge is 0.0887 e. The van der Waals surface area contributed by atoms with Crippen LogP contribution in [0.1, 0.15) is 40.5 Å². The fourth-order valence-corrected chi connectivity index (χ4v) is 2.00. The van der Waals surface area contributed by atoms with E-state index in [1.165, 1.54) is 0 Å². The highest BCUT2D eigenvalue weighted by Crippen LogP contribution is 2.40. The summed E-state index contributed by atoms with van der Waals surface area (Å²) in [5, 5.41) is 9.63. The summed E-state index contributed by atoms with van der Waals surface area (Å²) in [7, 11) is 0. The van der Waals surface area contributed by atoms with E-state index in [2.05, 4.69) is 45.7 Å². The molecular formula is C17H28O. The summed E-state index contributed by atoms with van der Waals surface area (Å²) in [6, 6.07) is 0. The molecular weight excluding hydrogens is 220 g/mol. The van der Waals surface area contributed by atoms with Gasteiger partial charge in [-0.2, -0.15) is 0 Å². The molecule has 0 aliphatic heterocycles. The molecule has 0 rings (SSSR count). The Morgan fingerprint density at radius 3 is 2.28 bits per heavy atom. The highest BCUT2D eigenvalue weighted by atomic mass is 16.3. The van der Waals surface area contributed by atoms with Gasteiger partial charge in [-0.15, -0.1) is 6.58 Å². The van der Waals surface area contributed by atoms with Gasteiger partial charge in [-0.1, -0.05) is 57.7 Å². The molecule has 0 aliphatic rings. The number of aliphatic hydroxyl groups excluding tert-OH is 1. The van der Waals surface area contributed by atoms with Gasteiger partial charge < -0.3 is 5.11 Å². The summed E-state index contributed by atoms with van der Waals surface area (Å²) in [5.41, 5.74) is 0.969. The highest BCUT2D eigenvalue weighted by Gasteiger charge is 2.32. The van der Waals surface area contributed by atoms with Gasteiger partial charge >= 0.3 is 0 Å². The van der Waals surface area contributed by atoms with E-state index in [1.54, 1.807) is 0 Å². The molecule has 0 spiro atoms. The van der Waals surface area contributed by atoms with Crippen LogP contribution in [0, 0.1) is 17.3 Å². The first-order valence-corrected chi connectivity index (χ1v) is 6.61. The molecule has 0 aromatic rings. The van der Waals surface area contributed by atoms with Crippen molar-refractivity contribution in [3.05, 3.63) is 49.3 Å².